The van der Waals surface area contributed by atoms with Crippen LogP contribution >= 0.6 is 32.9 Å². The molecule has 1 saturated heterocycles. The number of hydrogen-bond acceptors (Lipinski definition) is 36. The molecule has 0 saturated carbocycles. The van der Waals surface area contributed by atoms with Crippen molar-refractivity contribution in [2.45, 2.75) is 231 Å². The van der Waals surface area contributed by atoms with Gasteiger partial charge in [-0.1, -0.05) is 88.1 Å². The Kier molecular flexibility index (Phi) is 46.7. The fraction of sp³-hybridized carbons (Fsp3) is 0.541. The first-order valence-electron chi connectivity index (χ1n) is 44.0. The Morgan fingerprint density at radius 1 is 0.674 bits per heavy atom. The predicted octanol–water partition coefficient (Wildman–Crippen LogP) is -0.0940. The van der Waals surface area contributed by atoms with E-state index in [2.05, 4.69) is 83.6 Å². The van der Waals surface area contributed by atoms with Crippen molar-refractivity contribution in [2.75, 3.05) is 56.0 Å². The number of anilines is 2. The average molecular weight is 1990 g/mol. The van der Waals surface area contributed by atoms with Gasteiger partial charge in [-0.3, -0.25) is 97.3 Å². The van der Waals surface area contributed by atoms with Crippen molar-refractivity contribution >= 4 is 163 Å². The molecule has 5 aromatic rings. The number of hydrazine groups is 1. The van der Waals surface area contributed by atoms with Gasteiger partial charge in [0.15, 0.2) is 24.0 Å². The van der Waals surface area contributed by atoms with E-state index in [4.69, 9.17) is 31.4 Å². The minimum absolute atomic E-state index is 0.0202. The van der Waals surface area contributed by atoms with Crippen molar-refractivity contribution in [3.8, 4) is 5.75 Å². The zero-order valence-corrected chi connectivity index (χ0v) is 79.5. The van der Waals surface area contributed by atoms with Crippen LogP contribution in [0.1, 0.15) is 188 Å². The lowest BCUT2D eigenvalue weighted by molar-refractivity contribution is -0.161. The molecule has 6 rings (SSSR count). The number of thiazole rings is 1. The van der Waals surface area contributed by atoms with Crippen LogP contribution in [0, 0.1) is 17.8 Å². The second-order valence-corrected chi connectivity index (χ2v) is 36.3. The number of nitrogens with zero attached hydrogens (tertiary/aromatic N) is 6. The molecule has 3 aromatic heterocycles. The van der Waals surface area contributed by atoms with Gasteiger partial charge in [0, 0.05) is 72.3 Å². The van der Waals surface area contributed by atoms with Crippen LogP contribution in [0.25, 0.3) is 11.2 Å². The third-order valence-corrected chi connectivity index (χ3v) is 24.8. The number of esters is 2. The number of aliphatic carboxylic acids is 5. The number of H-pyrrole nitrogens is 1. The molecule has 0 radical (unpaired) electrons. The number of piperidine rings is 1. The maximum atomic E-state index is 15.1. The van der Waals surface area contributed by atoms with Gasteiger partial charge < -0.3 is 115 Å². The molecule has 53 heteroatoms. The van der Waals surface area contributed by atoms with E-state index in [0.717, 1.165) is 45.8 Å². The molecule has 1 aliphatic heterocycles. The largest absolute Gasteiger partial charge is 0.508 e. The number of aromatic nitrogens is 5. The molecule has 2 aromatic carbocycles. The van der Waals surface area contributed by atoms with Gasteiger partial charge in [0.1, 0.15) is 71.6 Å². The molecular formula is C85H120N22O28S3. The monoisotopic (exact) mass is 1990 g/mol. The number of nitrogen functional groups attached to an aromatic ring is 1. The first-order chi connectivity index (χ1) is 65.3. The Bertz CT molecular complexity index is 5130. The summed E-state index contributed by atoms with van der Waals surface area (Å²) in [5.74, 6) is -22.3. The molecule has 11 amide bonds. The number of aromatic amines is 1. The number of carbonyl (C=O) groups excluding carboxylic acids is 13. The lowest BCUT2D eigenvalue weighted by Crippen LogP contribution is -2.59. The summed E-state index contributed by atoms with van der Waals surface area (Å²) in [5, 5.41) is 85.7. The normalized spacial score (nSPS) is 15.1. The maximum absolute atomic E-state index is 15.1. The van der Waals surface area contributed by atoms with Gasteiger partial charge in [0.25, 0.3) is 17.4 Å². The highest BCUT2D eigenvalue weighted by atomic mass is 33.1. The summed E-state index contributed by atoms with van der Waals surface area (Å²) in [7, 11) is 3.57. The van der Waals surface area contributed by atoms with Crippen molar-refractivity contribution in [1.82, 2.24) is 93.4 Å². The van der Waals surface area contributed by atoms with Crippen LogP contribution < -0.4 is 86.8 Å². The number of ether oxygens (including phenoxy) is 3. The highest BCUT2D eigenvalue weighted by Crippen LogP contribution is 2.33. The van der Waals surface area contributed by atoms with Crippen LogP contribution in [0.4, 0.5) is 16.4 Å². The van der Waals surface area contributed by atoms with Crippen molar-refractivity contribution < 1.29 is 131 Å². The zero-order chi connectivity index (χ0) is 102. The van der Waals surface area contributed by atoms with Gasteiger partial charge in [-0.25, -0.2) is 34.8 Å². The summed E-state index contributed by atoms with van der Waals surface area (Å²) in [6.07, 6.45) is -4.45. The van der Waals surface area contributed by atoms with Crippen molar-refractivity contribution in [3.05, 3.63) is 98.0 Å². The van der Waals surface area contributed by atoms with E-state index in [1.807, 2.05) is 45.0 Å². The molecule has 13 atom stereocenters. The number of rotatable bonds is 58. The summed E-state index contributed by atoms with van der Waals surface area (Å²) in [6.45, 7) is 11.7. The summed E-state index contributed by atoms with van der Waals surface area (Å²) in [4.78, 5) is 274. The van der Waals surface area contributed by atoms with E-state index in [1.54, 1.807) is 19.1 Å². The number of fused-ring (bicyclic) bond motifs is 1. The minimum atomic E-state index is -2.22. The van der Waals surface area contributed by atoms with Gasteiger partial charge in [-0.15, -0.1) is 11.3 Å². The first-order valence-corrected chi connectivity index (χ1v) is 47.4. The lowest BCUT2D eigenvalue weighted by Gasteiger charge is -2.39. The minimum Gasteiger partial charge on any atom is -0.508 e. The number of benzene rings is 2. The van der Waals surface area contributed by atoms with E-state index in [1.165, 1.54) is 66.7 Å². The van der Waals surface area contributed by atoms with Gasteiger partial charge >= 0.3 is 47.9 Å². The summed E-state index contributed by atoms with van der Waals surface area (Å²) in [5.41, 5.74) is 21.7. The Morgan fingerprint density at radius 3 is 1.88 bits per heavy atom. The molecule has 0 bridgehead atoms. The number of hydrogen-bond donors (Lipinski definition) is 22. The standard InChI is InChI=1S/C85H120N22O28S3/c1-9-14-66(117)134-41-107(80(127)67(43(5)10-2)101-77(125)59-16-11-12-28-106(59)8)60(42(3)4)36-61(135-45(7)108)79-100-57(39-136-79)76(124)93-49(32-46-17-23-51(109)24-18-46)31-44(6)70(118)104-105-85(132)133-29-30-137-138-40-58(82(130)131)99-75(123)56(35-65(115)116)98-74(122)55(34-64(113)114)97-72(120)52(15-13-27-89-83(86)87)95-73(121)54(33-63(111)112)94-62(110)26-25-53(81(128)129)96-71(119)47-19-21-48(22-20-47)90-37-50-38-91-69-68(92-50)78(126)103-84(88)102-69/h17-24,38-39,42-44,49,52-56,58-61,67,83,89-90,109H,9-16,25-37,40-41,86-87H2,1-8H3,(H,93,124)(H,94,110)(H,95,121)(H,96,119)(H,97,120)(H,98,122)(H,99,123)(H,101,125)(H,104,118)(H,105,132)(H,111,112)(H,113,114)(H,115,116)(H,128,129)(H,130,131)(H3,88,91,102,103,126)/t43?,44-,49+,52-,53-,54-,55-,56-,58+,59+,60+,61+,67-/m0/s1. The topological polar surface area (TPSA) is 770 Å². The van der Waals surface area contributed by atoms with Gasteiger partial charge in [0.2, 0.25) is 53.2 Å². The molecule has 0 aliphatic carbocycles. The van der Waals surface area contributed by atoms with Crippen molar-refractivity contribution in [3.63, 3.8) is 0 Å². The Morgan fingerprint density at radius 2 is 1.29 bits per heavy atom. The average Bonchev–Trinajstić information content (AvgIpc) is 1.18. The number of phenolic OH excluding ortho intramolecular Hbond substituents is 1. The number of likely N-dealkylation sites (N-methyl/N-ethyl adjacent to an activating group) is 1. The van der Waals surface area contributed by atoms with Crippen LogP contribution in [-0.4, -0.2) is 284 Å². The van der Waals surface area contributed by atoms with E-state index in [9.17, 15) is 117 Å². The number of nitrogens with two attached hydrogens (primary N) is 3. The molecule has 0 spiro atoms. The zero-order valence-electron chi connectivity index (χ0n) is 77.0. The van der Waals surface area contributed by atoms with Crippen molar-refractivity contribution in [2.24, 2.45) is 29.2 Å². The molecule has 1 fully saturated rings. The molecule has 1 aliphatic rings. The van der Waals surface area contributed by atoms with E-state index in [-0.39, 0.29) is 114 Å². The number of aromatic hydroxyl groups is 1. The molecule has 756 valence electrons. The summed E-state index contributed by atoms with van der Waals surface area (Å²) < 4.78 is 16.7. The predicted molar refractivity (Wildman–Crippen MR) is 496 cm³/mol. The maximum Gasteiger partial charge on any atom is 0.426 e. The first kappa shape index (κ1) is 113. The number of amides is 11. The number of carbonyl (C=O) groups is 18. The number of carboxylic acid groups (broad SMARTS) is 5. The number of carboxylic acids is 5. The molecule has 25 N–H and O–H groups in total. The third kappa shape index (κ3) is 38.6. The molecule has 1 unspecified atom stereocenters. The summed E-state index contributed by atoms with van der Waals surface area (Å²) in [6, 6.07) is -3.41. The van der Waals surface area contributed by atoms with Gasteiger partial charge in [-0.2, -0.15) is 4.98 Å². The highest BCUT2D eigenvalue weighted by molar-refractivity contribution is 8.76. The lowest BCUT2D eigenvalue weighted by atomic mass is 9.92. The summed E-state index contributed by atoms with van der Waals surface area (Å²) >= 11 is 0.985. The van der Waals surface area contributed by atoms with E-state index < -0.39 is 236 Å². The number of phenols is 1. The van der Waals surface area contributed by atoms with Crippen LogP contribution in [0.5, 0.6) is 5.75 Å². The van der Waals surface area contributed by atoms with Crippen LogP contribution in [-0.2, 0) is 99.1 Å². The van der Waals surface area contributed by atoms with Gasteiger partial charge in [0.05, 0.1) is 43.7 Å². The van der Waals surface area contributed by atoms with Crippen molar-refractivity contribution in [1.29, 1.82) is 0 Å². The molecule has 138 heavy (non-hydrogen) atoms. The molecule has 50 nitrogen and oxygen atoms in total. The van der Waals surface area contributed by atoms with E-state index in [0.29, 0.717) is 42.8 Å². The number of nitrogens with one attached hydrogen (secondary N) is 13. The van der Waals surface area contributed by atoms with Crippen LogP contribution in [0.15, 0.2) is 64.9 Å². The highest BCUT2D eigenvalue weighted by Gasteiger charge is 2.42. The Balaban J connectivity index is 1.02. The second-order valence-electron chi connectivity index (χ2n) is 32.8. The quantitative estimate of drug-likeness (QED) is 0.00604. The van der Waals surface area contributed by atoms with E-state index >= 15 is 4.79 Å². The fourth-order valence-corrected chi connectivity index (χ4v) is 16.8. The molecule has 4 heterocycles. The third-order valence-electron chi connectivity index (χ3n) is 21.5. The Labute approximate surface area is 802 Å². The number of likely N-dealkylation sites (tertiary alicyclic amines) is 1. The smallest absolute Gasteiger partial charge is 0.426 e. The fourth-order valence-electron chi connectivity index (χ4n) is 14.0. The van der Waals surface area contributed by atoms with Gasteiger partial charge in [-0.05, 0) is 125 Å². The molecular weight excluding hydrogens is 1870 g/mol. The van der Waals surface area contributed by atoms with Crippen LogP contribution in [0.3, 0.4) is 0 Å². The SMILES string of the molecule is CCCC(=O)OCN(C(=O)[C@@H](NC(=O)[C@H]1CCCCN1C)C(C)CC)[C@H](C[C@@H](OC(C)=O)c1nc(C(=O)N[C@@H](Cc2ccc(O)cc2)C[C@H](C)C(=O)NNC(=O)OCCSSC[C@@H](NC(=O)[C@H](CC(=O)O)NC(=O)[C@H](CC(=O)O)NC(=O)[C@H](CCCNC(N)N)NC(=O)[C@H](CC(=O)O)NC(=O)CC[C@H](NC(=O)c2ccc(NCc3cnc4nc(N)[nH]c(=O)c4n3)cc2)C(=O)O)C(=O)O)cs1)C(C)C. The second kappa shape index (κ2) is 56.9. The Hall–Kier alpha value is -13.5. The van der Waals surface area contributed by atoms with Crippen LogP contribution in [0.2, 0.25) is 0 Å².